The first-order valence-corrected chi connectivity index (χ1v) is 5.62. The summed E-state index contributed by atoms with van der Waals surface area (Å²) in [7, 11) is 0. The van der Waals surface area contributed by atoms with Crippen LogP contribution in [0.1, 0.15) is 23.2 Å². The van der Waals surface area contributed by atoms with Crippen LogP contribution in [0.15, 0.2) is 12.1 Å². The van der Waals surface area contributed by atoms with Gasteiger partial charge in [-0.3, -0.25) is 9.59 Å². The Kier molecular flexibility index (Phi) is 5.28. The molecule has 1 aromatic rings. The van der Waals surface area contributed by atoms with Crippen molar-refractivity contribution in [2.24, 2.45) is 0 Å². The highest BCUT2D eigenvalue weighted by atomic mass is 19.2. The quantitative estimate of drug-likeness (QED) is 0.684. The van der Waals surface area contributed by atoms with E-state index in [1.165, 1.54) is 0 Å². The molecular formula is C12H10F3NO5. The zero-order valence-electron chi connectivity index (χ0n) is 10.4. The lowest BCUT2D eigenvalue weighted by atomic mass is 10.1. The fourth-order valence-electron chi connectivity index (χ4n) is 1.45. The molecule has 0 saturated heterocycles. The second kappa shape index (κ2) is 6.73. The molecule has 114 valence electrons. The van der Waals surface area contributed by atoms with E-state index in [0.29, 0.717) is 12.1 Å². The van der Waals surface area contributed by atoms with Gasteiger partial charge in [0.15, 0.2) is 17.5 Å². The maximum atomic E-state index is 13.0. The van der Waals surface area contributed by atoms with Crippen LogP contribution < -0.4 is 5.32 Å². The van der Waals surface area contributed by atoms with Gasteiger partial charge in [0, 0.05) is 12.0 Å². The van der Waals surface area contributed by atoms with Gasteiger partial charge in [-0.15, -0.1) is 0 Å². The number of carboxylic acid groups (broad SMARTS) is 2. The van der Waals surface area contributed by atoms with Gasteiger partial charge in [-0.05, 0) is 18.6 Å². The van der Waals surface area contributed by atoms with E-state index < -0.39 is 59.7 Å². The molecule has 9 heteroatoms. The topological polar surface area (TPSA) is 104 Å². The average molecular weight is 305 g/mol. The van der Waals surface area contributed by atoms with Gasteiger partial charge >= 0.3 is 11.9 Å². The summed E-state index contributed by atoms with van der Waals surface area (Å²) < 4.78 is 38.7. The van der Waals surface area contributed by atoms with E-state index in [-0.39, 0.29) is 0 Å². The number of halogens is 3. The number of amides is 1. The maximum absolute atomic E-state index is 13.0. The zero-order chi connectivity index (χ0) is 16.2. The van der Waals surface area contributed by atoms with E-state index in [0.717, 1.165) is 0 Å². The third-order valence-electron chi connectivity index (χ3n) is 2.50. The summed E-state index contributed by atoms with van der Waals surface area (Å²) in [6.45, 7) is 0. The molecule has 0 aromatic heterocycles. The van der Waals surface area contributed by atoms with Crippen LogP contribution in [-0.4, -0.2) is 34.1 Å². The fraction of sp³-hybridized carbons (Fsp3) is 0.250. The predicted octanol–water partition coefficient (Wildman–Crippen LogP) is 1.15. The Labute approximate surface area is 116 Å². The molecule has 0 aliphatic heterocycles. The molecule has 3 N–H and O–H groups in total. The van der Waals surface area contributed by atoms with E-state index in [1.54, 1.807) is 0 Å². The number of carboxylic acids is 2. The summed E-state index contributed by atoms with van der Waals surface area (Å²) in [5.74, 6) is -8.89. The number of hydrogen-bond donors (Lipinski definition) is 3. The predicted molar refractivity (Wildman–Crippen MR) is 62.1 cm³/mol. The highest BCUT2D eigenvalue weighted by Crippen LogP contribution is 2.14. The molecule has 0 aliphatic carbocycles. The minimum atomic E-state index is -1.76. The molecule has 6 nitrogen and oxygen atoms in total. The molecule has 0 aliphatic rings. The summed E-state index contributed by atoms with van der Waals surface area (Å²) in [4.78, 5) is 32.9. The molecule has 0 saturated carbocycles. The lowest BCUT2D eigenvalue weighted by molar-refractivity contribution is -0.140. The summed E-state index contributed by atoms with van der Waals surface area (Å²) in [6, 6.07) is -0.738. The molecule has 1 atom stereocenters. The Hall–Kier alpha value is -2.58. The number of rotatable bonds is 6. The molecule has 1 amide bonds. The van der Waals surface area contributed by atoms with Crippen molar-refractivity contribution in [1.82, 2.24) is 5.32 Å². The summed E-state index contributed by atoms with van der Waals surface area (Å²) >= 11 is 0. The van der Waals surface area contributed by atoms with Crippen molar-refractivity contribution >= 4 is 17.8 Å². The van der Waals surface area contributed by atoms with Gasteiger partial charge in [-0.2, -0.15) is 0 Å². The Morgan fingerprint density at radius 3 is 2.05 bits per heavy atom. The van der Waals surface area contributed by atoms with Gasteiger partial charge in [0.2, 0.25) is 0 Å². The van der Waals surface area contributed by atoms with Crippen molar-refractivity contribution in [3.63, 3.8) is 0 Å². The standard InChI is InChI=1S/C12H10F3NO5/c13-6-3-5(4-7(14)10(6)15)11(19)16-8(12(20)21)1-2-9(17)18/h3-4,8H,1-2H2,(H,16,19)(H,17,18)(H,20,21). The van der Waals surface area contributed by atoms with Crippen LogP contribution in [0.5, 0.6) is 0 Å². The van der Waals surface area contributed by atoms with Crippen LogP contribution in [0.25, 0.3) is 0 Å². The van der Waals surface area contributed by atoms with Crippen LogP contribution >= 0.6 is 0 Å². The van der Waals surface area contributed by atoms with Crippen molar-refractivity contribution in [3.05, 3.63) is 35.1 Å². The molecular weight excluding hydrogens is 295 g/mol. The van der Waals surface area contributed by atoms with Crippen molar-refractivity contribution < 1.29 is 37.8 Å². The lowest BCUT2D eigenvalue weighted by Gasteiger charge is -2.13. The monoisotopic (exact) mass is 305 g/mol. The molecule has 1 aromatic carbocycles. The van der Waals surface area contributed by atoms with Gasteiger partial charge in [0.05, 0.1) is 0 Å². The van der Waals surface area contributed by atoms with E-state index >= 15 is 0 Å². The minimum absolute atomic E-state index is 0.407. The normalized spacial score (nSPS) is 11.8. The third kappa shape index (κ3) is 4.48. The molecule has 0 bridgehead atoms. The van der Waals surface area contributed by atoms with Gasteiger partial charge in [0.1, 0.15) is 6.04 Å². The molecule has 21 heavy (non-hydrogen) atoms. The minimum Gasteiger partial charge on any atom is -0.481 e. The van der Waals surface area contributed by atoms with Crippen LogP contribution in [-0.2, 0) is 9.59 Å². The van der Waals surface area contributed by atoms with Gasteiger partial charge in [-0.25, -0.2) is 18.0 Å². The van der Waals surface area contributed by atoms with Crippen molar-refractivity contribution in [2.75, 3.05) is 0 Å². The molecule has 0 heterocycles. The first-order chi connectivity index (χ1) is 9.72. The molecule has 0 spiro atoms. The van der Waals surface area contributed by atoms with Crippen LogP contribution in [0.4, 0.5) is 13.2 Å². The Balaban J connectivity index is 2.87. The van der Waals surface area contributed by atoms with E-state index in [9.17, 15) is 27.6 Å². The average Bonchev–Trinajstić information content (AvgIpc) is 2.39. The highest BCUT2D eigenvalue weighted by molar-refractivity contribution is 5.96. The largest absolute Gasteiger partial charge is 0.481 e. The molecule has 1 unspecified atom stereocenters. The van der Waals surface area contributed by atoms with E-state index in [4.69, 9.17) is 10.2 Å². The van der Waals surface area contributed by atoms with Crippen molar-refractivity contribution in [2.45, 2.75) is 18.9 Å². The van der Waals surface area contributed by atoms with Crippen LogP contribution in [0.3, 0.4) is 0 Å². The summed E-state index contributed by atoms with van der Waals surface area (Å²) in [5.41, 5.74) is -0.618. The second-order valence-corrected chi connectivity index (χ2v) is 4.05. The van der Waals surface area contributed by atoms with Gasteiger partial charge < -0.3 is 15.5 Å². The summed E-state index contributed by atoms with van der Waals surface area (Å²) in [5, 5.41) is 19.2. The van der Waals surface area contributed by atoms with Crippen LogP contribution in [0, 0.1) is 17.5 Å². The SMILES string of the molecule is O=C(O)CCC(NC(=O)c1cc(F)c(F)c(F)c1)C(=O)O. The first-order valence-electron chi connectivity index (χ1n) is 5.62. The number of carbonyl (C=O) groups excluding carboxylic acids is 1. The van der Waals surface area contributed by atoms with Gasteiger partial charge in [0.25, 0.3) is 5.91 Å². The number of hydrogen-bond acceptors (Lipinski definition) is 3. The number of aliphatic carboxylic acids is 2. The molecule has 0 fully saturated rings. The highest BCUT2D eigenvalue weighted by Gasteiger charge is 2.23. The van der Waals surface area contributed by atoms with Crippen LogP contribution in [0.2, 0.25) is 0 Å². The number of benzene rings is 1. The number of nitrogens with one attached hydrogen (secondary N) is 1. The summed E-state index contributed by atoms with van der Waals surface area (Å²) in [6.07, 6.45) is -0.939. The Bertz CT molecular complexity index is 567. The second-order valence-electron chi connectivity index (χ2n) is 4.05. The fourth-order valence-corrected chi connectivity index (χ4v) is 1.45. The van der Waals surface area contributed by atoms with Gasteiger partial charge in [-0.1, -0.05) is 0 Å². The first kappa shape index (κ1) is 16.5. The Morgan fingerprint density at radius 1 is 1.10 bits per heavy atom. The van der Waals surface area contributed by atoms with Crippen molar-refractivity contribution in [3.8, 4) is 0 Å². The smallest absolute Gasteiger partial charge is 0.326 e. The lowest BCUT2D eigenvalue weighted by Crippen LogP contribution is -2.41. The van der Waals surface area contributed by atoms with E-state index in [1.807, 2.05) is 5.32 Å². The molecule has 1 rings (SSSR count). The Morgan fingerprint density at radius 2 is 1.62 bits per heavy atom. The number of carbonyl (C=O) groups is 3. The third-order valence-corrected chi connectivity index (χ3v) is 2.50. The maximum Gasteiger partial charge on any atom is 0.326 e. The zero-order valence-corrected chi connectivity index (χ0v) is 10.4. The van der Waals surface area contributed by atoms with E-state index in [2.05, 4.69) is 0 Å². The van der Waals surface area contributed by atoms with Crippen molar-refractivity contribution in [1.29, 1.82) is 0 Å². The molecule has 0 radical (unpaired) electrons.